The molecule has 0 aliphatic carbocycles. The number of nitrogens with zero attached hydrogens (tertiary/aromatic N) is 1. The van der Waals surface area contributed by atoms with Crippen LogP contribution in [0, 0.1) is 5.92 Å². The zero-order chi connectivity index (χ0) is 20.6. The van der Waals surface area contributed by atoms with Crippen molar-refractivity contribution in [1.29, 1.82) is 0 Å². The minimum atomic E-state index is -0.458. The number of rotatable bonds is 7. The van der Waals surface area contributed by atoms with E-state index in [-0.39, 0.29) is 5.91 Å². The van der Waals surface area contributed by atoms with Gasteiger partial charge in [0.1, 0.15) is 5.75 Å². The first-order valence-corrected chi connectivity index (χ1v) is 9.91. The molecule has 0 aromatic heterocycles. The topological polar surface area (TPSA) is 67.9 Å². The average molecular weight is 396 g/mol. The number of amides is 1. The van der Waals surface area contributed by atoms with E-state index in [0.29, 0.717) is 23.7 Å². The fraction of sp³-hybridized carbons (Fsp3) is 0.391. The Morgan fingerprint density at radius 2 is 1.72 bits per heavy atom. The van der Waals surface area contributed by atoms with Crippen molar-refractivity contribution in [2.75, 3.05) is 39.2 Å². The first-order chi connectivity index (χ1) is 14.1. The maximum Gasteiger partial charge on any atom is 0.339 e. The average Bonchev–Trinajstić information content (AvgIpc) is 2.75. The van der Waals surface area contributed by atoms with Crippen molar-refractivity contribution in [1.82, 2.24) is 4.90 Å². The molecule has 1 N–H and O–H groups in total. The minimum Gasteiger partial charge on any atom is -0.497 e. The Bertz CT molecular complexity index is 827. The van der Waals surface area contributed by atoms with E-state index in [1.54, 1.807) is 31.4 Å². The first-order valence-electron chi connectivity index (χ1n) is 9.91. The molecule has 0 bridgehead atoms. The molecule has 1 aliphatic heterocycles. The van der Waals surface area contributed by atoms with Crippen molar-refractivity contribution in [3.8, 4) is 5.75 Å². The van der Waals surface area contributed by atoms with Gasteiger partial charge in [-0.2, -0.15) is 0 Å². The normalized spacial score (nSPS) is 15.0. The van der Waals surface area contributed by atoms with Crippen LogP contribution in [-0.2, 0) is 16.0 Å². The highest BCUT2D eigenvalue weighted by Gasteiger charge is 2.22. The van der Waals surface area contributed by atoms with E-state index in [0.717, 1.165) is 38.1 Å². The molecule has 3 rings (SSSR count). The molecule has 1 saturated heterocycles. The van der Waals surface area contributed by atoms with Gasteiger partial charge in [0.25, 0.3) is 0 Å². The number of carbonyl (C=O) groups excluding carboxylic acids is 2. The second-order valence-electron chi connectivity index (χ2n) is 7.36. The molecule has 1 fully saturated rings. The number of hydrogen-bond acceptors (Lipinski definition) is 5. The smallest absolute Gasteiger partial charge is 0.339 e. The quantitative estimate of drug-likeness (QED) is 0.727. The third-order valence-corrected chi connectivity index (χ3v) is 5.36. The number of ether oxygens (including phenoxy) is 2. The second kappa shape index (κ2) is 10.1. The largest absolute Gasteiger partial charge is 0.497 e. The van der Waals surface area contributed by atoms with Crippen LogP contribution in [0.25, 0.3) is 0 Å². The highest BCUT2D eigenvalue weighted by atomic mass is 16.5. The Balaban J connectivity index is 1.47. The third kappa shape index (κ3) is 5.81. The Labute approximate surface area is 171 Å². The fourth-order valence-electron chi connectivity index (χ4n) is 3.72. The Morgan fingerprint density at radius 1 is 1.03 bits per heavy atom. The zero-order valence-electron chi connectivity index (χ0n) is 17.0. The zero-order valence-corrected chi connectivity index (χ0v) is 17.0. The summed E-state index contributed by atoms with van der Waals surface area (Å²) in [5.74, 6) is 0.932. The van der Waals surface area contributed by atoms with Gasteiger partial charge < -0.3 is 14.8 Å². The van der Waals surface area contributed by atoms with Gasteiger partial charge in [-0.05, 0) is 68.1 Å². The van der Waals surface area contributed by atoms with E-state index >= 15 is 0 Å². The number of hydrogen-bond donors (Lipinski definition) is 1. The molecule has 0 radical (unpaired) electrons. The van der Waals surface area contributed by atoms with Gasteiger partial charge >= 0.3 is 5.97 Å². The Morgan fingerprint density at radius 3 is 2.38 bits per heavy atom. The molecule has 2 aromatic rings. The van der Waals surface area contributed by atoms with Crippen LogP contribution in [0.1, 0.15) is 28.8 Å². The summed E-state index contributed by atoms with van der Waals surface area (Å²) in [7, 11) is 3.01. The van der Waals surface area contributed by atoms with E-state index < -0.39 is 5.97 Å². The van der Waals surface area contributed by atoms with Crippen molar-refractivity contribution in [3.05, 3.63) is 59.7 Å². The van der Waals surface area contributed by atoms with Gasteiger partial charge in [0.15, 0.2) is 0 Å². The van der Waals surface area contributed by atoms with Crippen LogP contribution in [0.2, 0.25) is 0 Å². The number of anilines is 1. The number of carbonyl (C=O) groups is 2. The number of likely N-dealkylation sites (tertiary alicyclic amines) is 1. The van der Waals surface area contributed by atoms with E-state index in [9.17, 15) is 9.59 Å². The predicted octanol–water partition coefficient (Wildman–Crippen LogP) is 3.38. The third-order valence-electron chi connectivity index (χ3n) is 5.36. The van der Waals surface area contributed by atoms with Crippen LogP contribution < -0.4 is 10.1 Å². The highest BCUT2D eigenvalue weighted by Crippen LogP contribution is 2.23. The summed E-state index contributed by atoms with van der Waals surface area (Å²) in [6.45, 7) is 2.12. The van der Waals surface area contributed by atoms with Gasteiger partial charge in [-0.25, -0.2) is 4.79 Å². The van der Waals surface area contributed by atoms with Crippen molar-refractivity contribution in [2.24, 2.45) is 5.92 Å². The number of benzene rings is 2. The monoisotopic (exact) mass is 396 g/mol. The van der Waals surface area contributed by atoms with E-state index in [1.165, 1.54) is 12.7 Å². The van der Waals surface area contributed by atoms with Gasteiger partial charge in [0.05, 0.1) is 32.0 Å². The second-order valence-corrected chi connectivity index (χ2v) is 7.36. The molecule has 1 heterocycles. The summed E-state index contributed by atoms with van der Waals surface area (Å²) >= 11 is 0. The minimum absolute atomic E-state index is 0.116. The molecule has 0 saturated carbocycles. The number of methoxy groups -OCH3 is 2. The van der Waals surface area contributed by atoms with Gasteiger partial charge in [0.2, 0.25) is 5.91 Å². The maximum absolute atomic E-state index is 12.5. The van der Waals surface area contributed by atoms with E-state index in [2.05, 4.69) is 22.3 Å². The van der Waals surface area contributed by atoms with Crippen LogP contribution in [0.15, 0.2) is 48.5 Å². The summed E-state index contributed by atoms with van der Waals surface area (Å²) in [4.78, 5) is 26.5. The molecule has 29 heavy (non-hydrogen) atoms. The molecule has 0 atom stereocenters. The van der Waals surface area contributed by atoms with Crippen LogP contribution in [0.3, 0.4) is 0 Å². The summed E-state index contributed by atoms with van der Waals surface area (Å²) in [6.07, 6.45) is 3.19. The molecule has 0 spiro atoms. The SMILES string of the molecule is COC(=O)c1ccccc1NC(=O)CN1CCC(Cc2ccc(OC)cc2)CC1. The summed E-state index contributed by atoms with van der Waals surface area (Å²) in [6, 6.07) is 15.1. The van der Waals surface area contributed by atoms with Crippen LogP contribution in [0.5, 0.6) is 5.75 Å². The molecule has 6 nitrogen and oxygen atoms in total. The molecule has 0 unspecified atom stereocenters. The van der Waals surface area contributed by atoms with Crippen molar-refractivity contribution in [2.45, 2.75) is 19.3 Å². The summed E-state index contributed by atoms with van der Waals surface area (Å²) in [5.41, 5.74) is 2.17. The predicted molar refractivity (Wildman–Crippen MR) is 112 cm³/mol. The molecule has 1 amide bonds. The molecular weight excluding hydrogens is 368 g/mol. The van der Waals surface area contributed by atoms with E-state index in [4.69, 9.17) is 9.47 Å². The molecule has 1 aliphatic rings. The van der Waals surface area contributed by atoms with Crippen LogP contribution >= 0.6 is 0 Å². The molecule has 2 aromatic carbocycles. The first kappa shape index (κ1) is 20.9. The van der Waals surface area contributed by atoms with Crippen LogP contribution in [0.4, 0.5) is 5.69 Å². The fourth-order valence-corrected chi connectivity index (χ4v) is 3.72. The number of esters is 1. The lowest BCUT2D eigenvalue weighted by Crippen LogP contribution is -2.39. The Kier molecular flexibility index (Phi) is 7.25. The number of piperidine rings is 1. The van der Waals surface area contributed by atoms with Gasteiger partial charge in [-0.1, -0.05) is 24.3 Å². The summed E-state index contributed by atoms with van der Waals surface area (Å²) in [5, 5.41) is 2.84. The van der Waals surface area contributed by atoms with Crippen molar-refractivity contribution < 1.29 is 19.1 Å². The molecule has 6 heteroatoms. The summed E-state index contributed by atoms with van der Waals surface area (Å²) < 4.78 is 9.98. The van der Waals surface area contributed by atoms with Crippen LogP contribution in [-0.4, -0.2) is 50.6 Å². The van der Waals surface area contributed by atoms with Crippen molar-refractivity contribution >= 4 is 17.6 Å². The lowest BCUT2D eigenvalue weighted by Gasteiger charge is -2.31. The lowest BCUT2D eigenvalue weighted by molar-refractivity contribution is -0.117. The standard InChI is InChI=1S/C23H28N2O4/c1-28-19-9-7-17(8-10-19)15-18-11-13-25(14-12-18)16-22(26)24-21-6-4-3-5-20(21)23(27)29-2/h3-10,18H,11-16H2,1-2H3,(H,24,26). The van der Waals surface area contributed by atoms with Gasteiger partial charge in [-0.15, -0.1) is 0 Å². The van der Waals surface area contributed by atoms with Gasteiger partial charge in [-0.3, -0.25) is 9.69 Å². The molecule has 154 valence electrons. The Hall–Kier alpha value is -2.86. The maximum atomic E-state index is 12.5. The molecular formula is C23H28N2O4. The van der Waals surface area contributed by atoms with E-state index in [1.807, 2.05) is 12.1 Å². The van der Waals surface area contributed by atoms with Crippen molar-refractivity contribution in [3.63, 3.8) is 0 Å². The highest BCUT2D eigenvalue weighted by molar-refractivity contribution is 6.01. The lowest BCUT2D eigenvalue weighted by atomic mass is 9.90. The number of para-hydroxylation sites is 1. The number of nitrogens with one attached hydrogen (secondary N) is 1. The van der Waals surface area contributed by atoms with Gasteiger partial charge in [0, 0.05) is 0 Å².